The second-order valence-electron chi connectivity index (χ2n) is 6.49. The highest BCUT2D eigenvalue weighted by molar-refractivity contribution is 6.03. The number of carbonyl (C=O) groups excluding carboxylic acids is 2. The summed E-state index contributed by atoms with van der Waals surface area (Å²) in [7, 11) is 0. The van der Waals surface area contributed by atoms with Gasteiger partial charge >= 0.3 is 5.97 Å². The van der Waals surface area contributed by atoms with Crippen LogP contribution in [-0.2, 0) is 14.3 Å². The van der Waals surface area contributed by atoms with Gasteiger partial charge in [0.05, 0.1) is 11.6 Å². The summed E-state index contributed by atoms with van der Waals surface area (Å²) in [5.41, 5.74) is 1.14. The van der Waals surface area contributed by atoms with Crippen LogP contribution in [0.4, 0.5) is 5.69 Å². The van der Waals surface area contributed by atoms with Crippen LogP contribution in [-0.4, -0.2) is 24.1 Å². The number of anilines is 1. The molecule has 0 aliphatic heterocycles. The highest BCUT2D eigenvalue weighted by atomic mass is 16.6. The predicted octanol–water partition coefficient (Wildman–Crippen LogP) is 4.05. The first-order valence-corrected chi connectivity index (χ1v) is 9.14. The lowest BCUT2D eigenvalue weighted by atomic mass is 10.1. The van der Waals surface area contributed by atoms with E-state index in [0.717, 1.165) is 10.8 Å². The number of amides is 1. The number of hydrogen-bond acceptors (Lipinski definition) is 5. The number of fused-ring (bicyclic) bond motifs is 1. The lowest BCUT2D eigenvalue weighted by Gasteiger charge is -2.18. The standard InChI is InChI=1S/C23H20N2O4/c1-15(22(26)25-21-9-5-7-18-6-3-4-8-20(18)21)29-23(27)16(2)28-19-12-10-17(14-24)11-13-19/h3-13,15-16H,1-2H3,(H,25,26)/t15-,16+/m0/s1. The Bertz CT molecular complexity index is 1060. The summed E-state index contributed by atoms with van der Waals surface area (Å²) >= 11 is 0. The van der Waals surface area contributed by atoms with Crippen LogP contribution in [0.3, 0.4) is 0 Å². The Balaban J connectivity index is 1.59. The molecule has 6 nitrogen and oxygen atoms in total. The molecule has 0 aromatic heterocycles. The van der Waals surface area contributed by atoms with Gasteiger partial charge < -0.3 is 14.8 Å². The van der Waals surface area contributed by atoms with E-state index in [-0.39, 0.29) is 0 Å². The molecule has 146 valence electrons. The second kappa shape index (κ2) is 8.89. The molecule has 6 heteroatoms. The van der Waals surface area contributed by atoms with Gasteiger partial charge in [-0.05, 0) is 49.6 Å². The predicted molar refractivity (Wildman–Crippen MR) is 109 cm³/mol. The highest BCUT2D eigenvalue weighted by Gasteiger charge is 2.23. The van der Waals surface area contributed by atoms with Gasteiger partial charge in [0, 0.05) is 11.1 Å². The van der Waals surface area contributed by atoms with Crippen LogP contribution in [0.15, 0.2) is 66.7 Å². The molecule has 0 spiro atoms. The molecule has 0 heterocycles. The molecule has 1 N–H and O–H groups in total. The van der Waals surface area contributed by atoms with Crippen LogP contribution < -0.4 is 10.1 Å². The molecule has 0 fully saturated rings. The third-order valence-corrected chi connectivity index (χ3v) is 4.34. The van der Waals surface area contributed by atoms with Crippen molar-refractivity contribution < 1.29 is 19.1 Å². The molecule has 1 amide bonds. The van der Waals surface area contributed by atoms with Crippen LogP contribution in [0.1, 0.15) is 19.4 Å². The van der Waals surface area contributed by atoms with Gasteiger partial charge in [-0.3, -0.25) is 4.79 Å². The molecule has 3 rings (SSSR count). The van der Waals surface area contributed by atoms with E-state index in [1.54, 1.807) is 30.3 Å². The first kappa shape index (κ1) is 19.9. The minimum atomic E-state index is -0.992. The number of nitriles is 1. The molecule has 3 aromatic rings. The quantitative estimate of drug-likeness (QED) is 0.644. The SMILES string of the molecule is C[C@H](OC(=O)[C@@H](C)Oc1ccc(C#N)cc1)C(=O)Nc1cccc2ccccc12. The molecule has 0 bridgehead atoms. The Morgan fingerprint density at radius 3 is 2.34 bits per heavy atom. The molecule has 2 atom stereocenters. The summed E-state index contributed by atoms with van der Waals surface area (Å²) in [4.78, 5) is 24.8. The number of ether oxygens (including phenoxy) is 2. The fraction of sp³-hybridized carbons (Fsp3) is 0.174. The Labute approximate surface area is 168 Å². The largest absolute Gasteiger partial charge is 0.479 e. The lowest BCUT2D eigenvalue weighted by molar-refractivity contribution is -0.159. The van der Waals surface area contributed by atoms with Crippen LogP contribution in [0.2, 0.25) is 0 Å². The number of hydrogen-bond donors (Lipinski definition) is 1. The molecule has 0 aliphatic rings. The van der Waals surface area contributed by atoms with Crippen molar-refractivity contribution in [3.8, 4) is 11.8 Å². The monoisotopic (exact) mass is 388 g/mol. The minimum absolute atomic E-state index is 0.430. The molecule has 0 aliphatic carbocycles. The van der Waals surface area contributed by atoms with Crippen molar-refractivity contribution in [3.05, 3.63) is 72.3 Å². The molecule has 0 unspecified atom stereocenters. The second-order valence-corrected chi connectivity index (χ2v) is 6.49. The van der Waals surface area contributed by atoms with Gasteiger partial charge in [-0.25, -0.2) is 4.79 Å². The molecular formula is C23H20N2O4. The van der Waals surface area contributed by atoms with Gasteiger partial charge in [0.25, 0.3) is 5.91 Å². The Morgan fingerprint density at radius 2 is 1.62 bits per heavy atom. The van der Waals surface area contributed by atoms with Crippen molar-refractivity contribution in [2.75, 3.05) is 5.32 Å². The van der Waals surface area contributed by atoms with Crippen molar-refractivity contribution in [1.29, 1.82) is 5.26 Å². The average molecular weight is 388 g/mol. The summed E-state index contributed by atoms with van der Waals surface area (Å²) in [6, 6.07) is 21.7. The maximum absolute atomic E-state index is 12.5. The average Bonchev–Trinajstić information content (AvgIpc) is 2.74. The van der Waals surface area contributed by atoms with E-state index in [2.05, 4.69) is 5.32 Å². The summed E-state index contributed by atoms with van der Waals surface area (Å²) in [6.07, 6.45) is -1.90. The number of carbonyl (C=O) groups is 2. The van der Waals surface area contributed by atoms with Gasteiger partial charge in [0.2, 0.25) is 0 Å². The Kier molecular flexibility index (Phi) is 6.10. The van der Waals surface area contributed by atoms with Gasteiger partial charge in [-0.15, -0.1) is 0 Å². The van der Waals surface area contributed by atoms with Gasteiger partial charge in [0.1, 0.15) is 5.75 Å². The minimum Gasteiger partial charge on any atom is -0.479 e. The highest BCUT2D eigenvalue weighted by Crippen LogP contribution is 2.23. The van der Waals surface area contributed by atoms with Crippen LogP contribution in [0, 0.1) is 11.3 Å². The first-order valence-electron chi connectivity index (χ1n) is 9.14. The fourth-order valence-corrected chi connectivity index (χ4v) is 2.75. The van der Waals surface area contributed by atoms with Crippen molar-refractivity contribution in [2.24, 2.45) is 0 Å². The zero-order chi connectivity index (χ0) is 20.8. The topological polar surface area (TPSA) is 88.4 Å². The summed E-state index contributed by atoms with van der Waals surface area (Å²) in [6.45, 7) is 3.04. The van der Waals surface area contributed by atoms with Gasteiger partial charge in [-0.1, -0.05) is 36.4 Å². The number of nitrogens with one attached hydrogen (secondary N) is 1. The third-order valence-electron chi connectivity index (χ3n) is 4.34. The fourth-order valence-electron chi connectivity index (χ4n) is 2.75. The van der Waals surface area contributed by atoms with E-state index in [4.69, 9.17) is 14.7 Å². The number of nitrogens with zero attached hydrogens (tertiary/aromatic N) is 1. The molecule has 0 saturated heterocycles. The molecule has 29 heavy (non-hydrogen) atoms. The van der Waals surface area contributed by atoms with Crippen molar-refractivity contribution in [2.45, 2.75) is 26.1 Å². The van der Waals surface area contributed by atoms with Crippen molar-refractivity contribution in [1.82, 2.24) is 0 Å². The normalized spacial score (nSPS) is 12.4. The van der Waals surface area contributed by atoms with Crippen LogP contribution in [0.25, 0.3) is 10.8 Å². The number of esters is 1. The van der Waals surface area contributed by atoms with E-state index >= 15 is 0 Å². The first-order chi connectivity index (χ1) is 14.0. The zero-order valence-electron chi connectivity index (χ0n) is 16.1. The molecule has 3 aromatic carbocycles. The zero-order valence-corrected chi connectivity index (χ0v) is 16.1. The summed E-state index contributed by atoms with van der Waals surface area (Å²) in [5, 5.41) is 13.5. The number of rotatable bonds is 6. The molecule has 0 saturated carbocycles. The van der Waals surface area contributed by atoms with Crippen LogP contribution in [0.5, 0.6) is 5.75 Å². The lowest BCUT2D eigenvalue weighted by Crippen LogP contribution is -2.35. The number of benzene rings is 3. The van der Waals surface area contributed by atoms with Crippen molar-refractivity contribution >= 4 is 28.3 Å². The maximum Gasteiger partial charge on any atom is 0.347 e. The Morgan fingerprint density at radius 1 is 0.931 bits per heavy atom. The van der Waals surface area contributed by atoms with E-state index in [1.165, 1.54) is 13.8 Å². The molecule has 0 radical (unpaired) electrons. The van der Waals surface area contributed by atoms with Gasteiger partial charge in [-0.2, -0.15) is 5.26 Å². The Hall–Kier alpha value is -3.85. The smallest absolute Gasteiger partial charge is 0.347 e. The van der Waals surface area contributed by atoms with E-state index in [9.17, 15) is 9.59 Å². The van der Waals surface area contributed by atoms with E-state index in [0.29, 0.717) is 17.0 Å². The van der Waals surface area contributed by atoms with Gasteiger partial charge in [0.15, 0.2) is 12.2 Å². The van der Waals surface area contributed by atoms with E-state index in [1.807, 2.05) is 42.5 Å². The summed E-state index contributed by atoms with van der Waals surface area (Å²) < 4.78 is 10.8. The van der Waals surface area contributed by atoms with Crippen molar-refractivity contribution in [3.63, 3.8) is 0 Å². The van der Waals surface area contributed by atoms with Crippen LogP contribution >= 0.6 is 0 Å². The maximum atomic E-state index is 12.5. The third kappa shape index (κ3) is 4.90. The van der Waals surface area contributed by atoms with E-state index < -0.39 is 24.1 Å². The summed E-state index contributed by atoms with van der Waals surface area (Å²) in [5.74, 6) is -0.656. The molecular weight excluding hydrogens is 368 g/mol.